The van der Waals surface area contributed by atoms with E-state index in [4.69, 9.17) is 9.26 Å². The van der Waals surface area contributed by atoms with E-state index in [1.807, 2.05) is 29.8 Å². The molecule has 1 fully saturated rings. The predicted molar refractivity (Wildman–Crippen MR) is 129 cm³/mol. The van der Waals surface area contributed by atoms with Crippen LogP contribution in [0.1, 0.15) is 36.1 Å². The van der Waals surface area contributed by atoms with Gasteiger partial charge in [-0.15, -0.1) is 0 Å². The van der Waals surface area contributed by atoms with Gasteiger partial charge in [-0.25, -0.2) is 4.99 Å². The van der Waals surface area contributed by atoms with Gasteiger partial charge in [0.2, 0.25) is 0 Å². The minimum atomic E-state index is -1.05. The van der Waals surface area contributed by atoms with Gasteiger partial charge in [-0.1, -0.05) is 11.2 Å². The molecule has 1 aromatic carbocycles. The van der Waals surface area contributed by atoms with Gasteiger partial charge in [0.1, 0.15) is 36.1 Å². The van der Waals surface area contributed by atoms with Crippen LogP contribution in [-0.2, 0) is 13.0 Å². The summed E-state index contributed by atoms with van der Waals surface area (Å²) in [6.45, 7) is 7.18. The maximum atomic E-state index is 11.0. The normalized spacial score (nSPS) is 24.8. The average molecular weight is 464 g/mol. The van der Waals surface area contributed by atoms with Crippen LogP contribution in [0.4, 0.5) is 5.82 Å². The standard InChI is InChI=1S/C25H29N5O4/c1-14(26-2)18-5-7-30(25(18)27-3)20-10-22(24(32)23(20)31)34-21-9-16(17-11-29-33-13-17)8-15-4-6-28-12-19(15)21/h5,7-9,11,13,20,22-24,28,31-32H,3-4,6,10,12H2,1-2H3/b26-14-. The smallest absolute Gasteiger partial charge is 0.141 e. The number of aromatic nitrogens is 2. The van der Waals surface area contributed by atoms with E-state index in [9.17, 15) is 10.2 Å². The molecule has 0 bridgehead atoms. The van der Waals surface area contributed by atoms with E-state index < -0.39 is 24.4 Å². The summed E-state index contributed by atoms with van der Waals surface area (Å²) in [6.07, 6.45) is 3.77. The van der Waals surface area contributed by atoms with Gasteiger partial charge < -0.3 is 29.4 Å². The summed E-state index contributed by atoms with van der Waals surface area (Å²) in [5.41, 5.74) is 5.76. The molecule has 1 aliphatic carbocycles. The van der Waals surface area contributed by atoms with Gasteiger partial charge in [-0.05, 0) is 49.9 Å². The Kier molecular flexibility index (Phi) is 6.07. The number of hydrogen-bond donors (Lipinski definition) is 3. The zero-order valence-electron chi connectivity index (χ0n) is 19.3. The second kappa shape index (κ2) is 9.17. The van der Waals surface area contributed by atoms with E-state index in [2.05, 4.69) is 33.2 Å². The Labute approximate surface area is 197 Å². The van der Waals surface area contributed by atoms with Gasteiger partial charge in [0.15, 0.2) is 0 Å². The van der Waals surface area contributed by atoms with Gasteiger partial charge in [-0.2, -0.15) is 0 Å². The third-order valence-electron chi connectivity index (χ3n) is 6.94. The predicted octanol–water partition coefficient (Wildman–Crippen LogP) is 2.67. The zero-order valence-corrected chi connectivity index (χ0v) is 19.3. The van der Waals surface area contributed by atoms with E-state index in [1.54, 1.807) is 19.5 Å². The van der Waals surface area contributed by atoms with Crippen LogP contribution in [0.2, 0.25) is 0 Å². The fraction of sp³-hybridized carbons (Fsp3) is 0.400. The van der Waals surface area contributed by atoms with Gasteiger partial charge in [-0.3, -0.25) is 4.99 Å². The topological polar surface area (TPSA) is 117 Å². The number of aliphatic hydroxyl groups excluding tert-OH is 2. The quantitative estimate of drug-likeness (QED) is 0.484. The van der Waals surface area contributed by atoms with Crippen molar-refractivity contribution in [3.8, 4) is 16.9 Å². The SMILES string of the molecule is C=Nc1c(/C(C)=N\C)ccn1C1CC(Oc2cc(-c3cnoc3)cc3c2CNCC3)C(O)C1O. The van der Waals surface area contributed by atoms with Gasteiger partial charge in [0.25, 0.3) is 0 Å². The van der Waals surface area contributed by atoms with E-state index >= 15 is 0 Å². The first-order valence-corrected chi connectivity index (χ1v) is 11.4. The van der Waals surface area contributed by atoms with Crippen LogP contribution in [0.3, 0.4) is 0 Å². The molecule has 4 unspecified atom stereocenters. The number of rotatable bonds is 6. The Balaban J connectivity index is 1.46. The molecule has 3 aromatic rings. The van der Waals surface area contributed by atoms with Crippen molar-refractivity contribution in [1.82, 2.24) is 15.0 Å². The lowest BCUT2D eigenvalue weighted by molar-refractivity contribution is -0.0167. The molecule has 3 N–H and O–H groups in total. The minimum absolute atomic E-state index is 0.408. The summed E-state index contributed by atoms with van der Waals surface area (Å²) >= 11 is 0. The molecular weight excluding hydrogens is 434 g/mol. The second-order valence-electron chi connectivity index (χ2n) is 8.82. The largest absolute Gasteiger partial charge is 0.487 e. The third kappa shape index (κ3) is 3.85. The molecule has 1 saturated carbocycles. The van der Waals surface area contributed by atoms with E-state index in [0.717, 1.165) is 40.9 Å². The number of fused-ring (bicyclic) bond motifs is 1. The maximum absolute atomic E-state index is 11.0. The first kappa shape index (κ1) is 22.5. The number of nitrogens with zero attached hydrogens (tertiary/aromatic N) is 4. The van der Waals surface area contributed by atoms with Crippen molar-refractivity contribution in [3.63, 3.8) is 0 Å². The van der Waals surface area contributed by atoms with Crippen molar-refractivity contribution >= 4 is 18.2 Å². The molecular formula is C25H29N5O4. The highest BCUT2D eigenvalue weighted by Gasteiger charge is 2.45. The summed E-state index contributed by atoms with van der Waals surface area (Å²) in [4.78, 5) is 8.43. The van der Waals surface area contributed by atoms with Crippen LogP contribution in [0.5, 0.6) is 5.75 Å². The molecule has 34 heavy (non-hydrogen) atoms. The number of ether oxygens (including phenoxy) is 1. The fourth-order valence-electron chi connectivity index (χ4n) is 4.98. The summed E-state index contributed by atoms with van der Waals surface area (Å²) in [6, 6.07) is 5.59. The molecule has 2 aromatic heterocycles. The van der Waals surface area contributed by atoms with E-state index in [1.165, 1.54) is 5.56 Å². The van der Waals surface area contributed by atoms with Gasteiger partial charge in [0, 0.05) is 48.6 Å². The third-order valence-corrected chi connectivity index (χ3v) is 6.94. The highest BCUT2D eigenvalue weighted by Crippen LogP contribution is 2.40. The summed E-state index contributed by atoms with van der Waals surface area (Å²) in [5, 5.41) is 29.1. The molecule has 0 radical (unpaired) electrons. The summed E-state index contributed by atoms with van der Waals surface area (Å²) in [5.74, 6) is 1.32. The highest BCUT2D eigenvalue weighted by molar-refractivity contribution is 6.02. The lowest BCUT2D eigenvalue weighted by Crippen LogP contribution is -2.34. The van der Waals surface area contributed by atoms with Crippen LogP contribution in [-0.4, -0.2) is 64.3 Å². The fourth-order valence-corrected chi connectivity index (χ4v) is 4.98. The molecule has 3 heterocycles. The lowest BCUT2D eigenvalue weighted by Gasteiger charge is -2.25. The molecule has 5 rings (SSSR count). The first-order valence-electron chi connectivity index (χ1n) is 11.4. The van der Waals surface area contributed by atoms with Crippen LogP contribution in [0.25, 0.3) is 11.1 Å². The molecule has 2 aliphatic rings. The van der Waals surface area contributed by atoms with Gasteiger partial charge >= 0.3 is 0 Å². The van der Waals surface area contributed by atoms with Crippen LogP contribution in [0.15, 0.2) is 51.4 Å². The Hall–Kier alpha value is -3.27. The number of aliphatic imine (C=N–C) groups is 2. The minimum Gasteiger partial charge on any atom is -0.487 e. The maximum Gasteiger partial charge on any atom is 0.141 e. The Bertz CT molecular complexity index is 1220. The highest BCUT2D eigenvalue weighted by atomic mass is 16.5. The molecule has 4 atom stereocenters. The van der Waals surface area contributed by atoms with Crippen molar-refractivity contribution in [2.75, 3.05) is 13.6 Å². The molecule has 0 saturated heterocycles. The molecule has 9 heteroatoms. The lowest BCUT2D eigenvalue weighted by atomic mass is 9.95. The van der Waals surface area contributed by atoms with Crippen LogP contribution >= 0.6 is 0 Å². The van der Waals surface area contributed by atoms with Crippen LogP contribution in [0, 0.1) is 0 Å². The number of hydrogen-bond acceptors (Lipinski definition) is 8. The van der Waals surface area contributed by atoms with Crippen molar-refractivity contribution in [3.05, 3.63) is 53.5 Å². The van der Waals surface area contributed by atoms with E-state index in [0.29, 0.717) is 24.5 Å². The molecule has 0 spiro atoms. The van der Waals surface area contributed by atoms with Crippen molar-refractivity contribution in [2.24, 2.45) is 9.98 Å². The van der Waals surface area contributed by atoms with Crippen molar-refractivity contribution < 1.29 is 19.5 Å². The number of benzene rings is 1. The van der Waals surface area contributed by atoms with E-state index in [-0.39, 0.29) is 0 Å². The second-order valence-corrected chi connectivity index (χ2v) is 8.82. The number of aliphatic hydroxyl groups is 2. The van der Waals surface area contributed by atoms with Crippen molar-refractivity contribution in [1.29, 1.82) is 0 Å². The average Bonchev–Trinajstić information content (AvgIpc) is 3.60. The molecule has 9 nitrogen and oxygen atoms in total. The summed E-state index contributed by atoms with van der Waals surface area (Å²) < 4.78 is 13.3. The monoisotopic (exact) mass is 463 g/mol. The Morgan fingerprint density at radius 2 is 2.15 bits per heavy atom. The summed E-state index contributed by atoms with van der Waals surface area (Å²) in [7, 11) is 1.72. The zero-order chi connectivity index (χ0) is 23.8. The Morgan fingerprint density at radius 3 is 2.88 bits per heavy atom. The molecule has 0 amide bonds. The number of nitrogens with one attached hydrogen (secondary N) is 1. The molecule has 178 valence electrons. The Morgan fingerprint density at radius 1 is 1.29 bits per heavy atom. The van der Waals surface area contributed by atoms with Crippen molar-refractivity contribution in [2.45, 2.75) is 50.7 Å². The van der Waals surface area contributed by atoms with Crippen LogP contribution < -0.4 is 10.1 Å². The van der Waals surface area contributed by atoms with Gasteiger partial charge in [0.05, 0.1) is 12.2 Å². The molecule has 1 aliphatic heterocycles. The first-order chi connectivity index (χ1) is 16.5.